The highest BCUT2D eigenvalue weighted by molar-refractivity contribution is 6.70. The molecule has 2 heteroatoms. The summed E-state index contributed by atoms with van der Waals surface area (Å²) >= 11 is 0. The second-order valence-corrected chi connectivity index (χ2v) is 9.11. The first-order valence-corrected chi connectivity index (χ1v) is 8.09. The largest absolute Gasteiger partial charge is 0.548 e. The zero-order valence-electron chi connectivity index (χ0n) is 9.11. The summed E-state index contributed by atoms with van der Waals surface area (Å²) in [5.74, 6) is 1.72. The average Bonchev–Trinajstić information content (AvgIpc) is 1.79. The van der Waals surface area contributed by atoms with E-state index in [0.717, 1.165) is 18.1 Å². The van der Waals surface area contributed by atoms with Gasteiger partial charge in [-0.3, -0.25) is 0 Å². The third-order valence-corrected chi connectivity index (χ3v) is 2.35. The third kappa shape index (κ3) is 7.86. The minimum atomic E-state index is -1.39. The van der Waals surface area contributed by atoms with E-state index in [0.29, 0.717) is 0 Å². The molecule has 0 aromatic heterocycles. The molecule has 72 valence electrons. The molecule has 0 unspecified atom stereocenters. The summed E-state index contributed by atoms with van der Waals surface area (Å²) < 4.78 is 5.73. The topological polar surface area (TPSA) is 9.23 Å². The molecule has 0 aliphatic rings. The van der Waals surface area contributed by atoms with Gasteiger partial charge in [-0.05, 0) is 32.0 Å². The summed E-state index contributed by atoms with van der Waals surface area (Å²) in [5, 5.41) is 0. The van der Waals surface area contributed by atoms with Gasteiger partial charge in [0.1, 0.15) is 0 Å². The second kappa shape index (κ2) is 4.70. The van der Waals surface area contributed by atoms with Crippen molar-refractivity contribution >= 4 is 8.32 Å². The summed E-state index contributed by atoms with van der Waals surface area (Å²) in [6.07, 6.45) is 2.20. The lowest BCUT2D eigenvalue weighted by Crippen LogP contribution is -2.24. The van der Waals surface area contributed by atoms with Gasteiger partial charge in [-0.2, -0.15) is 0 Å². The van der Waals surface area contributed by atoms with E-state index in [-0.39, 0.29) is 0 Å². The van der Waals surface area contributed by atoms with E-state index >= 15 is 0 Å². The van der Waals surface area contributed by atoms with Crippen molar-refractivity contribution in [1.29, 1.82) is 0 Å². The fourth-order valence-corrected chi connectivity index (χ4v) is 1.90. The van der Waals surface area contributed by atoms with E-state index in [2.05, 4.69) is 40.1 Å². The monoisotopic (exact) mass is 186 g/mol. The molecule has 1 nitrogen and oxygen atoms in total. The van der Waals surface area contributed by atoms with Crippen molar-refractivity contribution in [3.8, 4) is 0 Å². The number of hydrogen-bond acceptors (Lipinski definition) is 1. The Morgan fingerprint density at radius 3 is 2.17 bits per heavy atom. The molecule has 0 aromatic carbocycles. The van der Waals surface area contributed by atoms with Gasteiger partial charge in [0.15, 0.2) is 0 Å². The Kier molecular flexibility index (Phi) is 4.61. The Labute approximate surface area is 78.0 Å². The smallest absolute Gasteiger partial charge is 0.241 e. The standard InChI is InChI=1S/C10H22OSi/c1-9(2)7-8-10(3)11-12(4,5)6/h9H,3,7-8H2,1-2,4-6H3. The molecule has 0 radical (unpaired) electrons. The fourth-order valence-electron chi connectivity index (χ4n) is 0.934. The van der Waals surface area contributed by atoms with E-state index in [4.69, 9.17) is 4.43 Å². The van der Waals surface area contributed by atoms with Gasteiger partial charge >= 0.3 is 0 Å². The Bertz CT molecular complexity index is 144. The van der Waals surface area contributed by atoms with Crippen LogP contribution in [0.2, 0.25) is 19.6 Å². The zero-order chi connectivity index (χ0) is 9.78. The normalized spacial score (nSPS) is 11.8. The lowest BCUT2D eigenvalue weighted by Gasteiger charge is -2.21. The van der Waals surface area contributed by atoms with Crippen LogP contribution in [0.25, 0.3) is 0 Å². The molecule has 0 fully saturated rings. The van der Waals surface area contributed by atoms with Gasteiger partial charge < -0.3 is 4.43 Å². The quantitative estimate of drug-likeness (QED) is 0.469. The third-order valence-electron chi connectivity index (χ3n) is 1.45. The molecule has 0 aliphatic carbocycles. The van der Waals surface area contributed by atoms with Gasteiger partial charge in [0, 0.05) is 6.42 Å². The lowest BCUT2D eigenvalue weighted by atomic mass is 10.1. The molecular weight excluding hydrogens is 164 g/mol. The molecule has 0 amide bonds. The first-order chi connectivity index (χ1) is 5.31. The SMILES string of the molecule is C=C(CCC(C)C)O[Si](C)(C)C. The highest BCUT2D eigenvalue weighted by atomic mass is 28.4. The van der Waals surface area contributed by atoms with Crippen LogP contribution in [-0.2, 0) is 4.43 Å². The minimum absolute atomic E-state index is 0.743. The number of allylic oxidation sites excluding steroid dienone is 1. The maximum atomic E-state index is 5.73. The van der Waals surface area contributed by atoms with Gasteiger partial charge in [-0.1, -0.05) is 20.4 Å². The molecule has 0 spiro atoms. The van der Waals surface area contributed by atoms with Crippen LogP contribution in [0.15, 0.2) is 12.3 Å². The predicted octanol–water partition coefficient (Wildman–Crippen LogP) is 3.79. The van der Waals surface area contributed by atoms with Crippen molar-refractivity contribution in [2.45, 2.75) is 46.3 Å². The molecule has 0 rings (SSSR count). The van der Waals surface area contributed by atoms with Crippen LogP contribution >= 0.6 is 0 Å². The fraction of sp³-hybridized carbons (Fsp3) is 0.800. The van der Waals surface area contributed by atoms with Gasteiger partial charge in [0.2, 0.25) is 8.32 Å². The molecule has 0 saturated heterocycles. The van der Waals surface area contributed by atoms with Crippen LogP contribution in [-0.4, -0.2) is 8.32 Å². The molecule has 0 aromatic rings. The van der Waals surface area contributed by atoms with E-state index in [1.165, 1.54) is 6.42 Å². The van der Waals surface area contributed by atoms with Gasteiger partial charge in [-0.15, -0.1) is 0 Å². The van der Waals surface area contributed by atoms with Crippen molar-refractivity contribution in [2.24, 2.45) is 5.92 Å². The Hall–Kier alpha value is -0.243. The molecule has 0 atom stereocenters. The Balaban J connectivity index is 3.61. The molecule has 0 N–H and O–H groups in total. The molecule has 0 saturated carbocycles. The highest BCUT2D eigenvalue weighted by Gasteiger charge is 2.16. The van der Waals surface area contributed by atoms with Crippen molar-refractivity contribution in [1.82, 2.24) is 0 Å². The molecule has 0 heterocycles. The summed E-state index contributed by atoms with van der Waals surface area (Å²) in [6, 6.07) is 0. The lowest BCUT2D eigenvalue weighted by molar-refractivity contribution is 0.385. The van der Waals surface area contributed by atoms with Crippen LogP contribution in [0.3, 0.4) is 0 Å². The Morgan fingerprint density at radius 2 is 1.83 bits per heavy atom. The van der Waals surface area contributed by atoms with Crippen LogP contribution in [0.4, 0.5) is 0 Å². The highest BCUT2D eigenvalue weighted by Crippen LogP contribution is 2.15. The summed E-state index contributed by atoms with van der Waals surface area (Å²) in [7, 11) is -1.39. The predicted molar refractivity (Wildman–Crippen MR) is 57.6 cm³/mol. The average molecular weight is 186 g/mol. The van der Waals surface area contributed by atoms with Crippen molar-refractivity contribution in [3.63, 3.8) is 0 Å². The zero-order valence-corrected chi connectivity index (χ0v) is 10.1. The Morgan fingerprint density at radius 1 is 1.33 bits per heavy atom. The van der Waals surface area contributed by atoms with Crippen LogP contribution in [0.1, 0.15) is 26.7 Å². The first-order valence-electron chi connectivity index (χ1n) is 4.68. The van der Waals surface area contributed by atoms with Crippen LogP contribution in [0, 0.1) is 5.92 Å². The minimum Gasteiger partial charge on any atom is -0.548 e. The second-order valence-electron chi connectivity index (χ2n) is 4.69. The van der Waals surface area contributed by atoms with E-state index in [1.54, 1.807) is 0 Å². The van der Waals surface area contributed by atoms with E-state index in [9.17, 15) is 0 Å². The summed E-state index contributed by atoms with van der Waals surface area (Å²) in [5.41, 5.74) is 0. The van der Waals surface area contributed by atoms with Crippen LogP contribution < -0.4 is 0 Å². The molecular formula is C10H22OSi. The number of rotatable bonds is 5. The van der Waals surface area contributed by atoms with Gasteiger partial charge in [0.25, 0.3) is 0 Å². The van der Waals surface area contributed by atoms with Gasteiger partial charge in [-0.25, -0.2) is 0 Å². The molecule has 12 heavy (non-hydrogen) atoms. The summed E-state index contributed by atoms with van der Waals surface area (Å²) in [6.45, 7) is 14.9. The maximum Gasteiger partial charge on any atom is 0.241 e. The van der Waals surface area contributed by atoms with E-state index in [1.807, 2.05) is 0 Å². The van der Waals surface area contributed by atoms with E-state index < -0.39 is 8.32 Å². The van der Waals surface area contributed by atoms with Crippen molar-refractivity contribution < 1.29 is 4.43 Å². The molecule has 0 aliphatic heterocycles. The number of hydrogen-bond donors (Lipinski definition) is 0. The van der Waals surface area contributed by atoms with Gasteiger partial charge in [0.05, 0.1) is 5.76 Å². The molecule has 0 bridgehead atoms. The van der Waals surface area contributed by atoms with Crippen molar-refractivity contribution in [2.75, 3.05) is 0 Å². The first kappa shape index (κ1) is 11.8. The van der Waals surface area contributed by atoms with Crippen LogP contribution in [0.5, 0.6) is 0 Å². The van der Waals surface area contributed by atoms with Crippen molar-refractivity contribution in [3.05, 3.63) is 12.3 Å². The summed E-state index contributed by atoms with van der Waals surface area (Å²) in [4.78, 5) is 0. The maximum absolute atomic E-state index is 5.73.